The second kappa shape index (κ2) is 8.92. The van der Waals surface area contributed by atoms with E-state index in [2.05, 4.69) is 31.0 Å². The molecule has 0 spiro atoms. The molecule has 0 heterocycles. The Bertz CT molecular complexity index is 360. The van der Waals surface area contributed by atoms with Crippen LogP contribution in [0.5, 0.6) is 0 Å². The van der Waals surface area contributed by atoms with E-state index in [0.29, 0.717) is 0 Å². The van der Waals surface area contributed by atoms with Crippen molar-refractivity contribution in [2.45, 2.75) is 46.6 Å². The van der Waals surface area contributed by atoms with E-state index in [-0.39, 0.29) is 5.82 Å². The largest absolute Gasteiger partial charge is 0.369 e. The zero-order valence-electron chi connectivity index (χ0n) is 12.5. The molecule has 1 aromatic rings. The minimum Gasteiger partial charge on any atom is -0.369 e. The zero-order valence-corrected chi connectivity index (χ0v) is 12.5. The van der Waals surface area contributed by atoms with Crippen LogP contribution in [0.4, 0.5) is 10.1 Å². The van der Waals surface area contributed by atoms with Gasteiger partial charge in [-0.05, 0) is 37.4 Å². The van der Waals surface area contributed by atoms with Crippen LogP contribution in [-0.2, 0) is 6.54 Å². The van der Waals surface area contributed by atoms with Crippen molar-refractivity contribution in [2.75, 3.05) is 24.5 Å². The fourth-order valence-electron chi connectivity index (χ4n) is 2.33. The summed E-state index contributed by atoms with van der Waals surface area (Å²) in [5.41, 5.74) is 1.85. The van der Waals surface area contributed by atoms with Crippen molar-refractivity contribution < 1.29 is 4.39 Å². The number of benzene rings is 1. The third-order valence-electron chi connectivity index (χ3n) is 3.12. The molecule has 0 amide bonds. The molecule has 0 unspecified atom stereocenters. The fraction of sp³-hybridized carbons (Fsp3) is 0.625. The molecule has 0 bridgehead atoms. The molecule has 0 aliphatic rings. The van der Waals surface area contributed by atoms with Crippen molar-refractivity contribution in [1.29, 1.82) is 0 Å². The maximum atomic E-state index is 14.2. The molecule has 0 saturated heterocycles. The molecule has 1 aromatic carbocycles. The van der Waals surface area contributed by atoms with Gasteiger partial charge in [-0.15, -0.1) is 0 Å². The van der Waals surface area contributed by atoms with Gasteiger partial charge in [0.2, 0.25) is 0 Å². The number of hydrogen-bond donors (Lipinski definition) is 1. The van der Waals surface area contributed by atoms with E-state index in [4.69, 9.17) is 0 Å². The Kier molecular flexibility index (Phi) is 7.49. The topological polar surface area (TPSA) is 15.3 Å². The van der Waals surface area contributed by atoms with Crippen LogP contribution in [0.2, 0.25) is 0 Å². The normalized spacial score (nSPS) is 10.7. The lowest BCUT2D eigenvalue weighted by atomic mass is 10.1. The predicted octanol–water partition coefficient (Wildman–Crippen LogP) is 3.95. The number of rotatable bonds is 9. The Labute approximate surface area is 117 Å². The molecule has 1 N–H and O–H groups in total. The summed E-state index contributed by atoms with van der Waals surface area (Å²) in [6.45, 7) is 9.95. The summed E-state index contributed by atoms with van der Waals surface area (Å²) in [7, 11) is 0. The lowest BCUT2D eigenvalue weighted by molar-refractivity contribution is 0.603. The SMILES string of the molecule is CCCNCc1cccc(F)c1N(CCC)CCC. The lowest BCUT2D eigenvalue weighted by Crippen LogP contribution is -2.28. The van der Waals surface area contributed by atoms with Gasteiger partial charge in [0.1, 0.15) is 5.82 Å². The lowest BCUT2D eigenvalue weighted by Gasteiger charge is -2.27. The van der Waals surface area contributed by atoms with Crippen LogP contribution in [0.3, 0.4) is 0 Å². The summed E-state index contributed by atoms with van der Waals surface area (Å²) in [5, 5.41) is 3.36. The zero-order chi connectivity index (χ0) is 14.1. The Morgan fingerprint density at radius 2 is 1.74 bits per heavy atom. The van der Waals surface area contributed by atoms with Gasteiger partial charge in [-0.2, -0.15) is 0 Å². The molecule has 1 rings (SSSR count). The number of hydrogen-bond acceptors (Lipinski definition) is 2. The van der Waals surface area contributed by atoms with E-state index in [9.17, 15) is 4.39 Å². The standard InChI is InChI=1S/C16H27FN2/c1-4-10-18-13-14-8-7-9-15(17)16(14)19(11-5-2)12-6-3/h7-9,18H,4-6,10-13H2,1-3H3. The molecule has 0 fully saturated rings. The van der Waals surface area contributed by atoms with E-state index in [1.807, 2.05) is 6.07 Å². The molecule has 0 aromatic heterocycles. The summed E-state index contributed by atoms with van der Waals surface area (Å²) in [5.74, 6) is -0.0994. The van der Waals surface area contributed by atoms with Crippen LogP contribution in [0.15, 0.2) is 18.2 Å². The predicted molar refractivity (Wildman–Crippen MR) is 81.2 cm³/mol. The van der Waals surface area contributed by atoms with Crippen LogP contribution in [-0.4, -0.2) is 19.6 Å². The van der Waals surface area contributed by atoms with Gasteiger partial charge in [0.25, 0.3) is 0 Å². The van der Waals surface area contributed by atoms with Gasteiger partial charge in [0.15, 0.2) is 0 Å². The first-order valence-corrected chi connectivity index (χ1v) is 7.47. The summed E-state index contributed by atoms with van der Waals surface area (Å²) in [4.78, 5) is 2.18. The number of anilines is 1. The average molecular weight is 266 g/mol. The third kappa shape index (κ3) is 4.83. The molecule has 0 atom stereocenters. The summed E-state index contributed by atoms with van der Waals surface area (Å²) in [6.07, 6.45) is 3.17. The highest BCUT2D eigenvalue weighted by atomic mass is 19.1. The van der Waals surface area contributed by atoms with Gasteiger partial charge in [0, 0.05) is 19.6 Å². The molecule has 0 aliphatic heterocycles. The quantitative estimate of drug-likeness (QED) is 0.681. The Morgan fingerprint density at radius 1 is 1.05 bits per heavy atom. The number of nitrogens with zero attached hydrogens (tertiary/aromatic N) is 1. The second-order valence-corrected chi connectivity index (χ2v) is 4.91. The minimum atomic E-state index is -0.0994. The number of nitrogens with one attached hydrogen (secondary N) is 1. The monoisotopic (exact) mass is 266 g/mol. The van der Waals surface area contributed by atoms with Crippen LogP contribution in [0, 0.1) is 5.82 Å². The van der Waals surface area contributed by atoms with E-state index < -0.39 is 0 Å². The van der Waals surface area contributed by atoms with E-state index in [1.54, 1.807) is 12.1 Å². The van der Waals surface area contributed by atoms with Crippen molar-refractivity contribution in [2.24, 2.45) is 0 Å². The Balaban J connectivity index is 2.93. The van der Waals surface area contributed by atoms with Gasteiger partial charge in [0.05, 0.1) is 5.69 Å². The highest BCUT2D eigenvalue weighted by Gasteiger charge is 2.14. The van der Waals surface area contributed by atoms with Crippen LogP contribution in [0.1, 0.15) is 45.6 Å². The van der Waals surface area contributed by atoms with Crippen molar-refractivity contribution >= 4 is 5.69 Å². The molecule has 2 nitrogen and oxygen atoms in total. The molecule has 3 heteroatoms. The van der Waals surface area contributed by atoms with Gasteiger partial charge >= 0.3 is 0 Å². The van der Waals surface area contributed by atoms with E-state index in [1.165, 1.54) is 0 Å². The second-order valence-electron chi connectivity index (χ2n) is 4.91. The minimum absolute atomic E-state index is 0.0994. The van der Waals surface area contributed by atoms with Crippen molar-refractivity contribution in [3.8, 4) is 0 Å². The molecular formula is C16H27FN2. The summed E-state index contributed by atoms with van der Waals surface area (Å²) in [6, 6.07) is 5.40. The first kappa shape index (κ1) is 16.0. The fourth-order valence-corrected chi connectivity index (χ4v) is 2.33. The van der Waals surface area contributed by atoms with Crippen molar-refractivity contribution in [3.63, 3.8) is 0 Å². The first-order valence-electron chi connectivity index (χ1n) is 7.47. The molecule has 0 radical (unpaired) electrons. The number of halogens is 1. The van der Waals surface area contributed by atoms with Crippen LogP contribution in [0.25, 0.3) is 0 Å². The van der Waals surface area contributed by atoms with Crippen molar-refractivity contribution in [1.82, 2.24) is 5.32 Å². The highest BCUT2D eigenvalue weighted by molar-refractivity contribution is 5.55. The molecular weight excluding hydrogens is 239 g/mol. The van der Waals surface area contributed by atoms with E-state index >= 15 is 0 Å². The molecule has 0 saturated carbocycles. The van der Waals surface area contributed by atoms with Gasteiger partial charge in [-0.25, -0.2) is 4.39 Å². The summed E-state index contributed by atoms with van der Waals surface area (Å²) >= 11 is 0. The first-order chi connectivity index (χ1) is 9.24. The van der Waals surface area contributed by atoms with Gasteiger partial charge in [-0.1, -0.05) is 32.9 Å². The highest BCUT2D eigenvalue weighted by Crippen LogP contribution is 2.25. The van der Waals surface area contributed by atoms with Crippen LogP contribution >= 0.6 is 0 Å². The average Bonchev–Trinajstić information content (AvgIpc) is 2.39. The summed E-state index contributed by atoms with van der Waals surface area (Å²) < 4.78 is 14.2. The number of para-hydroxylation sites is 1. The maximum absolute atomic E-state index is 14.2. The van der Waals surface area contributed by atoms with Gasteiger partial charge < -0.3 is 10.2 Å². The smallest absolute Gasteiger partial charge is 0.146 e. The molecule has 0 aliphatic carbocycles. The third-order valence-corrected chi connectivity index (χ3v) is 3.12. The van der Waals surface area contributed by atoms with Crippen LogP contribution < -0.4 is 10.2 Å². The van der Waals surface area contributed by atoms with Gasteiger partial charge in [-0.3, -0.25) is 0 Å². The maximum Gasteiger partial charge on any atom is 0.146 e. The Morgan fingerprint density at radius 3 is 2.32 bits per heavy atom. The molecule has 19 heavy (non-hydrogen) atoms. The Hall–Kier alpha value is -1.09. The van der Waals surface area contributed by atoms with E-state index in [0.717, 1.165) is 56.7 Å². The molecule has 108 valence electrons. The van der Waals surface area contributed by atoms with Crippen molar-refractivity contribution in [3.05, 3.63) is 29.6 Å².